The third kappa shape index (κ3) is 7.78. The molecule has 8 rings (SSSR count). The number of para-hydroxylation sites is 1. The topological polar surface area (TPSA) is 144 Å². The lowest BCUT2D eigenvalue weighted by Crippen LogP contribution is -2.66. The Hall–Kier alpha value is -5.73. The van der Waals surface area contributed by atoms with E-state index in [1.807, 2.05) is 80.6 Å². The normalized spacial score (nSPS) is 17.0. The Kier molecular flexibility index (Phi) is 11.0. The maximum atomic E-state index is 14.6. The lowest BCUT2D eigenvalue weighted by Gasteiger charge is -2.47. The number of hydrogen-bond acceptors (Lipinski definition) is 8. The molecule has 0 radical (unpaired) electrons. The molecule has 0 bridgehead atoms. The quantitative estimate of drug-likeness (QED) is 0.129. The number of halogens is 2. The second-order valence-corrected chi connectivity index (χ2v) is 16.5. The maximum absolute atomic E-state index is 14.6. The highest BCUT2D eigenvalue weighted by atomic mass is 35.5. The van der Waals surface area contributed by atoms with Crippen LogP contribution in [0.15, 0.2) is 103 Å². The number of nitrogens with zero attached hydrogens (tertiary/aromatic N) is 5. The van der Waals surface area contributed by atoms with Gasteiger partial charge in [0, 0.05) is 36.8 Å². The van der Waals surface area contributed by atoms with Gasteiger partial charge < -0.3 is 26.2 Å². The third-order valence-corrected chi connectivity index (χ3v) is 12.1. The molecule has 5 amide bonds. The number of nitrogens with one attached hydrogen (secondary N) is 2. The molecule has 4 N–H and O–H groups in total. The first-order valence-corrected chi connectivity index (χ1v) is 20.4. The minimum absolute atomic E-state index is 0.0992. The summed E-state index contributed by atoms with van der Waals surface area (Å²) in [6, 6.07) is 30.0. The highest BCUT2D eigenvalue weighted by Gasteiger charge is 2.52. The predicted octanol–water partition coefficient (Wildman–Crippen LogP) is 7.55. The van der Waals surface area contributed by atoms with Crippen LogP contribution < -0.4 is 16.4 Å². The van der Waals surface area contributed by atoms with Crippen molar-refractivity contribution in [3.05, 3.63) is 135 Å². The average molecular weight is 836 g/mol. The Morgan fingerprint density at radius 3 is 2.45 bits per heavy atom. The van der Waals surface area contributed by atoms with Crippen LogP contribution in [0, 0.1) is 0 Å². The minimum atomic E-state index is -0.875. The summed E-state index contributed by atoms with van der Waals surface area (Å²) >= 11 is 13.7. The number of piperazine rings is 1. The van der Waals surface area contributed by atoms with Crippen LogP contribution in [0.1, 0.15) is 40.9 Å². The third-order valence-electron chi connectivity index (χ3n) is 10.5. The Labute approximate surface area is 349 Å². The van der Waals surface area contributed by atoms with E-state index in [0.29, 0.717) is 26.4 Å². The monoisotopic (exact) mass is 834 g/mol. The van der Waals surface area contributed by atoms with Gasteiger partial charge in [0.2, 0.25) is 11.8 Å². The number of benzene rings is 5. The number of carbonyl (C=O) groups excluding carboxylic acids is 4. The van der Waals surface area contributed by atoms with E-state index in [2.05, 4.69) is 15.6 Å². The number of carbonyl (C=O) groups is 4. The fraction of sp³-hybridized carbons (Fsp3) is 0.233. The number of urea groups is 1. The Morgan fingerprint density at radius 2 is 1.67 bits per heavy atom. The molecule has 0 saturated carbocycles. The van der Waals surface area contributed by atoms with Crippen molar-refractivity contribution >= 4 is 90.1 Å². The molecular formula is C43H40Cl2N8O4S. The number of hydrogen-bond donors (Lipinski definition) is 3. The van der Waals surface area contributed by atoms with Crippen molar-refractivity contribution in [1.29, 1.82) is 0 Å². The summed E-state index contributed by atoms with van der Waals surface area (Å²) in [5.41, 5.74) is 10.3. The summed E-state index contributed by atoms with van der Waals surface area (Å²) in [6.07, 6.45) is -0.436. The van der Waals surface area contributed by atoms with Gasteiger partial charge in [0.15, 0.2) is 5.13 Å². The molecule has 58 heavy (non-hydrogen) atoms. The molecule has 0 spiro atoms. The molecule has 12 nitrogen and oxygen atoms in total. The molecular weight excluding hydrogens is 795 g/mol. The number of amides is 5. The Balaban J connectivity index is 1.06. The minimum Gasteiger partial charge on any atom is -0.375 e. The standard InChI is InChI=1S/C43H40Cl2N8O4S/c1-25(2)53(43(57)47-21-27-15-18-33(44)34(45)19-27)51-24-38(54)52-35(41(56)50(23-37(51)52)22-29-9-6-12-36-39(29)49-42(46)58-36)20-26-13-16-30(17-14-26)48-40(55)32-11-5-8-28-7-3-4-10-31(28)32/h3-19,25,35,37H,20-24H2,1-2H3,(H2,46,49)(H,47,57)(H,48,55)/t35-,37+/m0/s1. The van der Waals surface area contributed by atoms with Crippen molar-refractivity contribution in [2.45, 2.75) is 51.6 Å². The van der Waals surface area contributed by atoms with Crippen molar-refractivity contribution in [3.8, 4) is 0 Å². The molecule has 5 aromatic carbocycles. The Morgan fingerprint density at radius 1 is 0.931 bits per heavy atom. The molecule has 3 heterocycles. The van der Waals surface area contributed by atoms with E-state index in [1.54, 1.807) is 56.2 Å². The van der Waals surface area contributed by atoms with Gasteiger partial charge in [0.05, 0.1) is 33.4 Å². The van der Waals surface area contributed by atoms with Gasteiger partial charge >= 0.3 is 6.03 Å². The molecule has 1 aromatic heterocycles. The summed E-state index contributed by atoms with van der Waals surface area (Å²) < 4.78 is 0.910. The zero-order chi connectivity index (χ0) is 40.7. The first-order valence-electron chi connectivity index (χ1n) is 18.8. The van der Waals surface area contributed by atoms with E-state index in [-0.39, 0.29) is 56.4 Å². The SMILES string of the molecule is CC(C)N(C(=O)NCc1ccc(Cl)c(Cl)c1)N1CC(=O)N2[C@@H](Cc3ccc(NC(=O)c4cccc5ccccc45)cc3)C(=O)N(Cc3cccc4sc(N)nc34)C[C@@H]21. The predicted molar refractivity (Wildman–Crippen MR) is 228 cm³/mol. The fourth-order valence-corrected chi connectivity index (χ4v) is 8.95. The smallest absolute Gasteiger partial charge is 0.332 e. The van der Waals surface area contributed by atoms with Gasteiger partial charge in [-0.15, -0.1) is 0 Å². The summed E-state index contributed by atoms with van der Waals surface area (Å²) in [7, 11) is 0. The highest BCUT2D eigenvalue weighted by Crippen LogP contribution is 2.33. The van der Waals surface area contributed by atoms with Crippen molar-refractivity contribution in [2.24, 2.45) is 0 Å². The number of hydrazine groups is 1. The van der Waals surface area contributed by atoms with Crippen LogP contribution in [0.5, 0.6) is 0 Å². The number of anilines is 2. The van der Waals surface area contributed by atoms with Crippen LogP contribution in [-0.2, 0) is 29.1 Å². The van der Waals surface area contributed by atoms with Crippen LogP contribution >= 0.6 is 34.5 Å². The first kappa shape index (κ1) is 39.1. The largest absolute Gasteiger partial charge is 0.375 e. The number of rotatable bonds is 10. The summed E-state index contributed by atoms with van der Waals surface area (Å²) in [6.45, 7) is 4.22. The average Bonchev–Trinajstić information content (AvgIpc) is 3.75. The van der Waals surface area contributed by atoms with E-state index in [1.165, 1.54) is 11.3 Å². The number of fused-ring (bicyclic) bond motifs is 3. The molecule has 2 atom stereocenters. The van der Waals surface area contributed by atoms with Gasteiger partial charge in [-0.3, -0.25) is 19.4 Å². The van der Waals surface area contributed by atoms with E-state index in [9.17, 15) is 19.2 Å². The molecule has 6 aromatic rings. The van der Waals surface area contributed by atoms with Gasteiger partial charge in [-0.1, -0.05) is 101 Å². The molecule has 296 valence electrons. The van der Waals surface area contributed by atoms with Crippen LogP contribution in [0.25, 0.3) is 21.0 Å². The molecule has 2 fully saturated rings. The van der Waals surface area contributed by atoms with Gasteiger partial charge in [-0.2, -0.15) is 5.01 Å². The van der Waals surface area contributed by atoms with Gasteiger partial charge in [-0.05, 0) is 77.7 Å². The molecule has 0 unspecified atom stereocenters. The molecule has 15 heteroatoms. The lowest BCUT2D eigenvalue weighted by molar-refractivity contribution is -0.158. The summed E-state index contributed by atoms with van der Waals surface area (Å²) in [4.78, 5) is 63.9. The summed E-state index contributed by atoms with van der Waals surface area (Å²) in [5, 5.41) is 12.3. The zero-order valence-electron chi connectivity index (χ0n) is 31.7. The van der Waals surface area contributed by atoms with E-state index in [4.69, 9.17) is 28.9 Å². The molecule has 0 aliphatic carbocycles. The van der Waals surface area contributed by atoms with Crippen LogP contribution in [-0.4, -0.2) is 79.9 Å². The summed E-state index contributed by atoms with van der Waals surface area (Å²) in [5.74, 6) is -0.722. The van der Waals surface area contributed by atoms with Crippen LogP contribution in [0.3, 0.4) is 0 Å². The maximum Gasteiger partial charge on any atom is 0.332 e. The van der Waals surface area contributed by atoms with Crippen molar-refractivity contribution in [1.82, 2.24) is 30.1 Å². The van der Waals surface area contributed by atoms with Crippen molar-refractivity contribution < 1.29 is 19.2 Å². The number of nitrogen functional groups attached to an aromatic ring is 1. The van der Waals surface area contributed by atoms with Gasteiger partial charge in [0.25, 0.3) is 5.91 Å². The van der Waals surface area contributed by atoms with Crippen molar-refractivity contribution in [3.63, 3.8) is 0 Å². The lowest BCUT2D eigenvalue weighted by atomic mass is 9.99. The van der Waals surface area contributed by atoms with Crippen molar-refractivity contribution in [2.75, 3.05) is 24.1 Å². The fourth-order valence-electron chi connectivity index (χ4n) is 7.85. The Bertz CT molecular complexity index is 2560. The van der Waals surface area contributed by atoms with Crippen LogP contribution in [0.2, 0.25) is 10.0 Å². The van der Waals surface area contributed by atoms with Gasteiger partial charge in [0.1, 0.15) is 12.2 Å². The second-order valence-electron chi connectivity index (χ2n) is 14.7. The highest BCUT2D eigenvalue weighted by molar-refractivity contribution is 7.22. The number of aromatic nitrogens is 1. The second kappa shape index (κ2) is 16.3. The first-order chi connectivity index (χ1) is 27.9. The number of thiazole rings is 1. The molecule has 2 aliphatic heterocycles. The van der Waals surface area contributed by atoms with E-state index in [0.717, 1.165) is 37.7 Å². The van der Waals surface area contributed by atoms with E-state index < -0.39 is 18.2 Å². The van der Waals surface area contributed by atoms with Gasteiger partial charge in [-0.25, -0.2) is 9.78 Å². The van der Waals surface area contributed by atoms with E-state index >= 15 is 0 Å². The molecule has 2 saturated heterocycles. The molecule has 2 aliphatic rings. The number of nitrogens with two attached hydrogens (primary N) is 1. The van der Waals surface area contributed by atoms with Crippen LogP contribution in [0.4, 0.5) is 15.6 Å². The zero-order valence-corrected chi connectivity index (χ0v) is 34.0.